The topological polar surface area (TPSA) is 74.2 Å². The molecule has 0 radical (unpaired) electrons. The molecule has 21 heavy (non-hydrogen) atoms. The molecule has 0 aliphatic rings. The fourth-order valence-electron chi connectivity index (χ4n) is 1.77. The minimum Gasteiger partial charge on any atom is -0.398 e. The quantitative estimate of drug-likeness (QED) is 0.876. The summed E-state index contributed by atoms with van der Waals surface area (Å²) in [4.78, 5) is 4.09. The first kappa shape index (κ1) is 15.3. The van der Waals surface area contributed by atoms with Crippen LogP contribution in [0.5, 0.6) is 0 Å². The number of ether oxygens (including phenoxy) is 1. The van der Waals surface area contributed by atoms with Crippen molar-refractivity contribution in [3.8, 4) is 11.5 Å². The molecule has 0 aliphatic carbocycles. The molecule has 1 aromatic heterocycles. The molecule has 114 valence electrons. The molecular formula is C13H14F3N3O2. The largest absolute Gasteiger partial charge is 0.416 e. The molecule has 1 atom stereocenters. The van der Waals surface area contributed by atoms with Gasteiger partial charge in [0.2, 0.25) is 5.82 Å². The summed E-state index contributed by atoms with van der Waals surface area (Å²) in [6, 6.07) is 2.97. The molecule has 2 rings (SSSR count). The molecule has 1 unspecified atom stereocenters. The highest BCUT2D eigenvalue weighted by molar-refractivity contribution is 5.71. The number of aromatic nitrogens is 2. The van der Waals surface area contributed by atoms with Crippen LogP contribution in [0.1, 0.15) is 31.3 Å². The van der Waals surface area contributed by atoms with E-state index in [1.54, 1.807) is 6.92 Å². The number of hydrogen-bond acceptors (Lipinski definition) is 5. The Morgan fingerprint density at radius 1 is 1.38 bits per heavy atom. The van der Waals surface area contributed by atoms with Crippen LogP contribution in [-0.4, -0.2) is 16.7 Å². The van der Waals surface area contributed by atoms with Crippen LogP contribution in [0.25, 0.3) is 11.5 Å². The highest BCUT2D eigenvalue weighted by Crippen LogP contribution is 2.34. The van der Waals surface area contributed by atoms with E-state index in [1.165, 1.54) is 6.07 Å². The third-order valence-electron chi connectivity index (χ3n) is 2.83. The van der Waals surface area contributed by atoms with E-state index in [0.717, 1.165) is 12.1 Å². The van der Waals surface area contributed by atoms with Gasteiger partial charge in [0.1, 0.15) is 6.10 Å². The first-order chi connectivity index (χ1) is 9.82. The van der Waals surface area contributed by atoms with Gasteiger partial charge in [0, 0.05) is 12.3 Å². The number of hydrogen-bond donors (Lipinski definition) is 1. The van der Waals surface area contributed by atoms with Gasteiger partial charge in [-0.2, -0.15) is 18.2 Å². The average molecular weight is 301 g/mol. The van der Waals surface area contributed by atoms with Crippen molar-refractivity contribution in [2.24, 2.45) is 0 Å². The molecule has 0 saturated heterocycles. The lowest BCUT2D eigenvalue weighted by Gasteiger charge is -2.08. The second kappa shape index (κ2) is 5.72. The fourth-order valence-corrected chi connectivity index (χ4v) is 1.77. The number of halogens is 3. The van der Waals surface area contributed by atoms with Crippen molar-refractivity contribution in [1.29, 1.82) is 0 Å². The molecule has 0 spiro atoms. The van der Waals surface area contributed by atoms with Crippen LogP contribution < -0.4 is 5.73 Å². The Morgan fingerprint density at radius 3 is 2.67 bits per heavy atom. The molecule has 0 bridgehead atoms. The maximum atomic E-state index is 12.6. The number of anilines is 1. The Balaban J connectivity index is 2.31. The third kappa shape index (κ3) is 3.33. The smallest absolute Gasteiger partial charge is 0.398 e. The summed E-state index contributed by atoms with van der Waals surface area (Å²) in [5, 5.41) is 3.73. The normalized spacial score (nSPS) is 13.4. The summed E-state index contributed by atoms with van der Waals surface area (Å²) >= 11 is 0. The second-order valence-electron chi connectivity index (χ2n) is 4.36. The van der Waals surface area contributed by atoms with E-state index in [9.17, 15) is 13.2 Å². The predicted octanol–water partition coefficient (Wildman–Crippen LogP) is 3.44. The Bertz CT molecular complexity index is 625. The van der Waals surface area contributed by atoms with Crippen molar-refractivity contribution < 1.29 is 22.4 Å². The Labute approximate surface area is 118 Å². The van der Waals surface area contributed by atoms with Crippen LogP contribution >= 0.6 is 0 Å². The molecule has 0 saturated carbocycles. The summed E-state index contributed by atoms with van der Waals surface area (Å²) in [6.45, 7) is 4.05. The summed E-state index contributed by atoms with van der Waals surface area (Å²) in [5.41, 5.74) is 4.98. The molecule has 0 amide bonds. The third-order valence-corrected chi connectivity index (χ3v) is 2.83. The van der Waals surface area contributed by atoms with Crippen LogP contribution in [0.4, 0.5) is 18.9 Å². The van der Waals surface area contributed by atoms with E-state index in [2.05, 4.69) is 10.1 Å². The lowest BCUT2D eigenvalue weighted by molar-refractivity contribution is -0.137. The molecule has 5 nitrogen and oxygen atoms in total. The molecule has 2 N–H and O–H groups in total. The standard InChI is InChI=1S/C13H14F3N3O2/c1-3-20-7(2)11-18-12(21-19-11)9-5-4-8(6-10(9)17)13(14,15)16/h4-7H,3,17H2,1-2H3. The first-order valence-corrected chi connectivity index (χ1v) is 6.25. The maximum Gasteiger partial charge on any atom is 0.416 e. The van der Waals surface area contributed by atoms with Gasteiger partial charge in [0.05, 0.1) is 11.1 Å². The molecule has 2 aromatic rings. The van der Waals surface area contributed by atoms with E-state index in [-0.39, 0.29) is 23.2 Å². The Kier molecular flexibility index (Phi) is 4.17. The molecular weight excluding hydrogens is 287 g/mol. The van der Waals surface area contributed by atoms with Crippen LogP contribution in [-0.2, 0) is 10.9 Å². The van der Waals surface area contributed by atoms with Crippen molar-refractivity contribution in [2.75, 3.05) is 12.3 Å². The van der Waals surface area contributed by atoms with Gasteiger partial charge in [-0.1, -0.05) is 5.16 Å². The van der Waals surface area contributed by atoms with Gasteiger partial charge in [-0.15, -0.1) is 0 Å². The van der Waals surface area contributed by atoms with Crippen LogP contribution in [0.3, 0.4) is 0 Å². The lowest BCUT2D eigenvalue weighted by atomic mass is 10.1. The van der Waals surface area contributed by atoms with E-state index in [4.69, 9.17) is 15.0 Å². The minimum absolute atomic E-state index is 0.0581. The molecule has 0 fully saturated rings. The molecule has 1 heterocycles. The fraction of sp³-hybridized carbons (Fsp3) is 0.385. The zero-order valence-corrected chi connectivity index (χ0v) is 11.4. The van der Waals surface area contributed by atoms with Gasteiger partial charge >= 0.3 is 6.18 Å². The summed E-state index contributed by atoms with van der Waals surface area (Å²) in [6.07, 6.45) is -4.82. The number of nitrogen functional groups attached to an aromatic ring is 1. The van der Waals surface area contributed by atoms with E-state index < -0.39 is 11.7 Å². The SMILES string of the molecule is CCOC(C)c1noc(-c2ccc(C(F)(F)F)cc2N)n1. The summed E-state index contributed by atoms with van der Waals surface area (Å²) < 4.78 is 48.0. The number of benzene rings is 1. The number of nitrogens with two attached hydrogens (primary N) is 1. The Morgan fingerprint density at radius 2 is 2.10 bits per heavy atom. The van der Waals surface area contributed by atoms with Gasteiger partial charge in [-0.3, -0.25) is 0 Å². The number of nitrogens with zero attached hydrogens (tertiary/aromatic N) is 2. The highest BCUT2D eigenvalue weighted by Gasteiger charge is 2.31. The number of alkyl halides is 3. The van der Waals surface area contributed by atoms with Gasteiger partial charge in [0.15, 0.2) is 0 Å². The molecule has 0 aliphatic heterocycles. The second-order valence-corrected chi connectivity index (χ2v) is 4.36. The van der Waals surface area contributed by atoms with Crippen molar-refractivity contribution in [2.45, 2.75) is 26.1 Å². The zero-order valence-electron chi connectivity index (χ0n) is 11.4. The van der Waals surface area contributed by atoms with Crippen molar-refractivity contribution >= 4 is 5.69 Å². The van der Waals surface area contributed by atoms with Crippen LogP contribution in [0.2, 0.25) is 0 Å². The van der Waals surface area contributed by atoms with Crippen molar-refractivity contribution in [3.05, 3.63) is 29.6 Å². The van der Waals surface area contributed by atoms with Crippen molar-refractivity contribution in [3.63, 3.8) is 0 Å². The van der Waals surface area contributed by atoms with E-state index in [1.807, 2.05) is 6.92 Å². The molecule has 8 heteroatoms. The number of rotatable bonds is 4. The highest BCUT2D eigenvalue weighted by atomic mass is 19.4. The maximum absolute atomic E-state index is 12.6. The molecule has 1 aromatic carbocycles. The van der Waals surface area contributed by atoms with Gasteiger partial charge < -0.3 is 15.0 Å². The zero-order chi connectivity index (χ0) is 15.6. The van der Waals surface area contributed by atoms with E-state index in [0.29, 0.717) is 12.4 Å². The van der Waals surface area contributed by atoms with Crippen LogP contribution in [0.15, 0.2) is 22.7 Å². The van der Waals surface area contributed by atoms with E-state index >= 15 is 0 Å². The summed E-state index contributed by atoms with van der Waals surface area (Å²) in [7, 11) is 0. The van der Waals surface area contributed by atoms with Gasteiger partial charge in [-0.25, -0.2) is 0 Å². The lowest BCUT2D eigenvalue weighted by Crippen LogP contribution is -2.06. The predicted molar refractivity (Wildman–Crippen MR) is 69.2 cm³/mol. The Hall–Kier alpha value is -2.09. The average Bonchev–Trinajstić information content (AvgIpc) is 2.87. The van der Waals surface area contributed by atoms with Crippen LogP contribution in [0, 0.1) is 0 Å². The van der Waals surface area contributed by atoms with Crippen molar-refractivity contribution in [1.82, 2.24) is 10.1 Å². The first-order valence-electron chi connectivity index (χ1n) is 6.25. The van der Waals surface area contributed by atoms with Gasteiger partial charge in [-0.05, 0) is 32.0 Å². The monoisotopic (exact) mass is 301 g/mol. The summed E-state index contributed by atoms with van der Waals surface area (Å²) in [5.74, 6) is 0.369. The van der Waals surface area contributed by atoms with Gasteiger partial charge in [0.25, 0.3) is 5.89 Å². The minimum atomic E-state index is -4.45.